The van der Waals surface area contributed by atoms with Crippen LogP contribution in [0.25, 0.3) is 5.76 Å². The van der Waals surface area contributed by atoms with Gasteiger partial charge >= 0.3 is 5.51 Å². The fraction of sp³-hybridized carbons (Fsp3) is 0.423. The van der Waals surface area contributed by atoms with Crippen LogP contribution in [0.1, 0.15) is 43.4 Å². The van der Waals surface area contributed by atoms with Crippen LogP contribution in [0.4, 0.5) is 13.2 Å². The summed E-state index contributed by atoms with van der Waals surface area (Å²) in [5, 5.41) is 0. The molecule has 34 heavy (non-hydrogen) atoms. The van der Waals surface area contributed by atoms with E-state index in [0.29, 0.717) is 18.8 Å². The highest BCUT2D eigenvalue weighted by Gasteiger charge is 2.38. The van der Waals surface area contributed by atoms with E-state index in [-0.39, 0.29) is 5.41 Å². The fourth-order valence-corrected chi connectivity index (χ4v) is 4.27. The molecule has 1 spiro atoms. The van der Waals surface area contributed by atoms with Gasteiger partial charge < -0.3 is 13.8 Å². The molecule has 2 aromatic carbocycles. The zero-order valence-corrected chi connectivity index (χ0v) is 20.6. The van der Waals surface area contributed by atoms with Gasteiger partial charge in [0, 0.05) is 5.56 Å². The smallest absolute Gasteiger partial charge is 0.463 e. The molecule has 1 aliphatic heterocycles. The van der Waals surface area contributed by atoms with E-state index in [1.165, 1.54) is 0 Å². The molecule has 0 radical (unpaired) electrons. The molecule has 0 amide bonds. The number of allylic oxidation sites excluding steroid dienone is 1. The highest BCUT2D eigenvalue weighted by molar-refractivity contribution is 7.95. The van der Waals surface area contributed by atoms with Crippen molar-refractivity contribution in [3.8, 4) is 0 Å². The minimum Gasteiger partial charge on any atom is -0.463 e. The van der Waals surface area contributed by atoms with E-state index in [1.807, 2.05) is 74.5 Å². The Morgan fingerprint density at radius 1 is 1.03 bits per heavy atom. The van der Waals surface area contributed by atoms with E-state index in [4.69, 9.17) is 4.18 Å². The van der Waals surface area contributed by atoms with E-state index >= 15 is 0 Å². The quantitative estimate of drug-likeness (QED) is 0.334. The molecule has 1 aliphatic carbocycles. The van der Waals surface area contributed by atoms with Crippen LogP contribution in [0.2, 0.25) is 0 Å². The van der Waals surface area contributed by atoms with Crippen molar-refractivity contribution in [2.45, 2.75) is 45.2 Å². The lowest BCUT2D eigenvalue weighted by molar-refractivity contribution is -0.129. The zero-order chi connectivity index (χ0) is 25.0. The summed E-state index contributed by atoms with van der Waals surface area (Å²) in [6, 6.07) is 17.1. The van der Waals surface area contributed by atoms with Gasteiger partial charge in [-0.15, -0.1) is 0 Å². The molecular weight excluding hydrogens is 463 g/mol. The van der Waals surface area contributed by atoms with Crippen molar-refractivity contribution in [1.29, 1.82) is 0 Å². The summed E-state index contributed by atoms with van der Waals surface area (Å²) in [5.74, 6) is 0.355. The zero-order valence-electron chi connectivity index (χ0n) is 19.8. The van der Waals surface area contributed by atoms with Crippen LogP contribution in [0.3, 0.4) is 0 Å². The monoisotopic (exact) mass is 495 g/mol. The number of alkyl halides is 3. The van der Waals surface area contributed by atoms with Crippen molar-refractivity contribution in [2.24, 2.45) is 5.41 Å². The van der Waals surface area contributed by atoms with Gasteiger partial charge in [0.15, 0.2) is 12.0 Å². The van der Waals surface area contributed by atoms with Crippen LogP contribution < -0.4 is 0 Å². The maximum absolute atomic E-state index is 12.5. The Balaban J connectivity index is 0.000000286. The summed E-state index contributed by atoms with van der Waals surface area (Å²) in [6.45, 7) is 6.73. The first-order valence-electron chi connectivity index (χ1n) is 11.3. The van der Waals surface area contributed by atoms with E-state index < -0.39 is 17.6 Å². The standard InChI is InChI=1S/C16H18F3NOS.C8H8O2.C2H6/c1-20-8-6-15(7-9-20)10-12-4-2-3-5-13(12)14(11-15)21-22-16(17,18)19;9-7-10-6-8-4-2-1-3-5-8;1-2/h2-5,11H,6-10H2,1H3;1-5,7H,6H2;1-2H3. The molecule has 0 saturated carbocycles. The number of fused-ring (bicyclic) bond motifs is 1. The predicted octanol–water partition coefficient (Wildman–Crippen LogP) is 6.87. The number of ether oxygens (including phenoxy) is 1. The average Bonchev–Trinajstić information content (AvgIpc) is 2.85. The molecule has 2 aromatic rings. The molecule has 4 nitrogen and oxygen atoms in total. The highest BCUT2D eigenvalue weighted by atomic mass is 32.2. The summed E-state index contributed by atoms with van der Waals surface area (Å²) in [7, 11) is 2.07. The maximum atomic E-state index is 12.5. The molecular formula is C26H32F3NO3S. The minimum atomic E-state index is -4.40. The number of hydrogen-bond donors (Lipinski definition) is 0. The fourth-order valence-electron chi connectivity index (χ4n) is 3.95. The molecule has 4 rings (SSSR count). The Kier molecular flexibility index (Phi) is 11.0. The van der Waals surface area contributed by atoms with Crippen molar-refractivity contribution in [3.63, 3.8) is 0 Å². The number of nitrogens with zero attached hydrogens (tertiary/aromatic N) is 1. The van der Waals surface area contributed by atoms with E-state index in [2.05, 4.69) is 16.7 Å². The first-order valence-corrected chi connectivity index (χ1v) is 12.1. The molecule has 2 aliphatic rings. The third-order valence-electron chi connectivity index (χ3n) is 5.63. The third kappa shape index (κ3) is 8.72. The molecule has 0 bridgehead atoms. The number of rotatable bonds is 5. The molecule has 1 saturated heterocycles. The van der Waals surface area contributed by atoms with Gasteiger partial charge in [0.1, 0.15) is 12.4 Å². The molecule has 1 fully saturated rings. The Hall–Kier alpha value is -2.45. The van der Waals surface area contributed by atoms with Crippen LogP contribution >= 0.6 is 12.0 Å². The first kappa shape index (κ1) is 27.8. The highest BCUT2D eigenvalue weighted by Crippen LogP contribution is 2.46. The molecule has 1 heterocycles. The second kappa shape index (κ2) is 13.4. The van der Waals surface area contributed by atoms with Crippen molar-refractivity contribution in [1.82, 2.24) is 4.90 Å². The topological polar surface area (TPSA) is 38.8 Å². The van der Waals surface area contributed by atoms with Crippen molar-refractivity contribution in [2.75, 3.05) is 20.1 Å². The number of likely N-dealkylation sites (tertiary alicyclic amines) is 1. The van der Waals surface area contributed by atoms with E-state index in [0.717, 1.165) is 49.0 Å². The number of hydrogen-bond acceptors (Lipinski definition) is 5. The maximum Gasteiger partial charge on any atom is 0.479 e. The number of carbonyl (C=O) groups excluding carboxylic acids is 1. The van der Waals surface area contributed by atoms with Crippen molar-refractivity contribution < 1.29 is 26.9 Å². The molecule has 0 atom stereocenters. The second-order valence-corrected chi connectivity index (χ2v) is 8.81. The van der Waals surface area contributed by atoms with Crippen LogP contribution in [0, 0.1) is 5.41 Å². The Bertz CT molecular complexity index is 911. The van der Waals surface area contributed by atoms with Crippen LogP contribution in [-0.4, -0.2) is 37.0 Å². The summed E-state index contributed by atoms with van der Waals surface area (Å²) in [5.41, 5.74) is -1.61. The van der Waals surface area contributed by atoms with Crippen molar-refractivity contribution in [3.05, 3.63) is 77.4 Å². The van der Waals surface area contributed by atoms with Crippen LogP contribution in [-0.2, 0) is 26.7 Å². The van der Waals surface area contributed by atoms with Gasteiger partial charge in [-0.25, -0.2) is 0 Å². The average molecular weight is 496 g/mol. The Morgan fingerprint density at radius 3 is 2.26 bits per heavy atom. The van der Waals surface area contributed by atoms with Crippen LogP contribution in [0.5, 0.6) is 0 Å². The lowest BCUT2D eigenvalue weighted by Crippen LogP contribution is -2.39. The SMILES string of the molecule is CC.CN1CCC2(C=C(OSC(F)(F)F)c3ccccc3C2)CC1.O=COCc1ccccc1. The summed E-state index contributed by atoms with van der Waals surface area (Å²) < 4.78 is 47.0. The van der Waals surface area contributed by atoms with Crippen molar-refractivity contribution >= 4 is 24.3 Å². The number of benzene rings is 2. The summed E-state index contributed by atoms with van der Waals surface area (Å²) in [4.78, 5) is 12.0. The predicted molar refractivity (Wildman–Crippen MR) is 131 cm³/mol. The second-order valence-electron chi connectivity index (χ2n) is 8.01. The molecule has 0 unspecified atom stereocenters. The van der Waals surface area contributed by atoms with Gasteiger partial charge in [0.25, 0.3) is 6.47 Å². The van der Waals surface area contributed by atoms with Gasteiger partial charge in [-0.1, -0.05) is 68.4 Å². The van der Waals surface area contributed by atoms with E-state index in [9.17, 15) is 18.0 Å². The normalized spacial score (nSPS) is 16.6. The number of carbonyl (C=O) groups is 1. The largest absolute Gasteiger partial charge is 0.479 e. The van der Waals surface area contributed by atoms with Gasteiger partial charge in [-0.3, -0.25) is 4.79 Å². The van der Waals surface area contributed by atoms with Gasteiger partial charge in [-0.05, 0) is 62.0 Å². The molecule has 8 heteroatoms. The summed E-state index contributed by atoms with van der Waals surface area (Å²) >= 11 is -0.427. The number of piperidine rings is 1. The Labute approximate surface area is 204 Å². The number of halogens is 3. The molecule has 186 valence electrons. The first-order chi connectivity index (χ1) is 16.3. The Morgan fingerprint density at radius 2 is 1.65 bits per heavy atom. The van der Waals surface area contributed by atoms with E-state index in [1.54, 1.807) is 0 Å². The lowest BCUT2D eigenvalue weighted by Gasteiger charge is -2.41. The molecule has 0 aromatic heterocycles. The van der Waals surface area contributed by atoms with Gasteiger partial charge in [0.2, 0.25) is 0 Å². The van der Waals surface area contributed by atoms with Gasteiger partial charge in [-0.2, -0.15) is 13.2 Å². The van der Waals surface area contributed by atoms with Gasteiger partial charge in [0.05, 0.1) is 0 Å². The minimum absolute atomic E-state index is 0.0810. The van der Waals surface area contributed by atoms with Crippen LogP contribution in [0.15, 0.2) is 60.7 Å². The summed E-state index contributed by atoms with van der Waals surface area (Å²) in [6.07, 6.45) is 4.70. The lowest BCUT2D eigenvalue weighted by atomic mass is 9.70. The molecule has 0 N–H and O–H groups in total. The third-order valence-corrected chi connectivity index (χ3v) is 6.08.